The van der Waals surface area contributed by atoms with E-state index in [0.29, 0.717) is 13.0 Å². The Bertz CT molecular complexity index is 261. The Morgan fingerprint density at radius 3 is 2.71 bits per heavy atom. The lowest BCUT2D eigenvalue weighted by molar-refractivity contribution is -0.139. The maximum absolute atomic E-state index is 11.8. The zero-order chi connectivity index (χ0) is 12.7. The van der Waals surface area contributed by atoms with Crippen molar-refractivity contribution in [3.8, 4) is 0 Å². The summed E-state index contributed by atoms with van der Waals surface area (Å²) < 4.78 is 5.48. The Labute approximate surface area is 102 Å². The fourth-order valence-electron chi connectivity index (χ4n) is 1.95. The number of hydrogen-bond acceptors (Lipinski definition) is 3. The van der Waals surface area contributed by atoms with Crippen molar-refractivity contribution in [1.82, 2.24) is 4.90 Å². The van der Waals surface area contributed by atoms with Gasteiger partial charge in [-0.1, -0.05) is 6.92 Å². The number of nitrogens with zero attached hydrogens (tertiary/aromatic N) is 1. The molecule has 0 saturated carbocycles. The number of carbonyl (C=O) groups is 2. The summed E-state index contributed by atoms with van der Waals surface area (Å²) >= 11 is 0. The van der Waals surface area contributed by atoms with Crippen LogP contribution in [-0.2, 0) is 14.3 Å². The van der Waals surface area contributed by atoms with Gasteiger partial charge in [0.15, 0.2) is 0 Å². The highest BCUT2D eigenvalue weighted by Crippen LogP contribution is 2.14. The summed E-state index contributed by atoms with van der Waals surface area (Å²) in [6.07, 6.45) is 3.34. The van der Waals surface area contributed by atoms with Crippen LogP contribution in [0.15, 0.2) is 0 Å². The number of hydrogen-bond donors (Lipinski definition) is 1. The van der Waals surface area contributed by atoms with Gasteiger partial charge < -0.3 is 14.7 Å². The lowest BCUT2D eigenvalue weighted by Crippen LogP contribution is -2.38. The topological polar surface area (TPSA) is 66.8 Å². The zero-order valence-electron chi connectivity index (χ0n) is 10.4. The Hall–Kier alpha value is -1.10. The summed E-state index contributed by atoms with van der Waals surface area (Å²) in [5, 5.41) is 8.67. The molecule has 0 spiro atoms. The van der Waals surface area contributed by atoms with Crippen molar-refractivity contribution in [2.45, 2.75) is 45.1 Å². The van der Waals surface area contributed by atoms with Crippen LogP contribution in [0.5, 0.6) is 0 Å². The Morgan fingerprint density at radius 2 is 2.18 bits per heavy atom. The van der Waals surface area contributed by atoms with Gasteiger partial charge in [0, 0.05) is 26.1 Å². The van der Waals surface area contributed by atoms with Crippen LogP contribution in [0.1, 0.15) is 39.0 Å². The highest BCUT2D eigenvalue weighted by Gasteiger charge is 2.22. The first kappa shape index (κ1) is 14.0. The predicted molar refractivity (Wildman–Crippen MR) is 62.7 cm³/mol. The van der Waals surface area contributed by atoms with Gasteiger partial charge in [0.2, 0.25) is 5.91 Å². The van der Waals surface area contributed by atoms with Gasteiger partial charge in [-0.05, 0) is 19.3 Å². The van der Waals surface area contributed by atoms with E-state index in [4.69, 9.17) is 9.84 Å². The molecule has 0 bridgehead atoms. The second-order valence-electron chi connectivity index (χ2n) is 4.37. The summed E-state index contributed by atoms with van der Waals surface area (Å²) in [6.45, 7) is 3.51. The summed E-state index contributed by atoms with van der Waals surface area (Å²) in [4.78, 5) is 24.0. The molecule has 0 aromatic heterocycles. The third-order valence-corrected chi connectivity index (χ3v) is 2.86. The van der Waals surface area contributed by atoms with Gasteiger partial charge in [0.25, 0.3) is 0 Å². The van der Waals surface area contributed by atoms with Crippen molar-refractivity contribution in [1.29, 1.82) is 0 Å². The molecule has 98 valence electrons. The molecule has 0 aliphatic carbocycles. The minimum atomic E-state index is -0.869. The largest absolute Gasteiger partial charge is 0.481 e. The van der Waals surface area contributed by atoms with E-state index in [1.165, 1.54) is 0 Å². The smallest absolute Gasteiger partial charge is 0.305 e. The van der Waals surface area contributed by atoms with Crippen LogP contribution in [0, 0.1) is 0 Å². The molecule has 0 radical (unpaired) electrons. The van der Waals surface area contributed by atoms with Gasteiger partial charge in [-0.2, -0.15) is 0 Å². The summed E-state index contributed by atoms with van der Waals surface area (Å²) in [6, 6.07) is 0. The highest BCUT2D eigenvalue weighted by atomic mass is 16.5. The molecule has 1 N–H and O–H groups in total. The molecule has 5 nitrogen and oxygen atoms in total. The molecular weight excluding hydrogens is 222 g/mol. The van der Waals surface area contributed by atoms with Gasteiger partial charge in [-0.25, -0.2) is 0 Å². The van der Waals surface area contributed by atoms with E-state index in [0.717, 1.165) is 25.9 Å². The van der Waals surface area contributed by atoms with Crippen molar-refractivity contribution in [2.24, 2.45) is 0 Å². The first-order chi connectivity index (χ1) is 8.13. The van der Waals surface area contributed by atoms with Crippen molar-refractivity contribution in [3.05, 3.63) is 0 Å². The molecule has 1 unspecified atom stereocenters. The van der Waals surface area contributed by atoms with E-state index >= 15 is 0 Å². The molecule has 1 atom stereocenters. The molecule has 1 fully saturated rings. The number of aliphatic carboxylic acids is 1. The van der Waals surface area contributed by atoms with E-state index < -0.39 is 5.97 Å². The average Bonchev–Trinajstić information content (AvgIpc) is 2.76. The summed E-state index contributed by atoms with van der Waals surface area (Å²) in [5.74, 6) is -0.837. The molecule has 1 heterocycles. The average molecular weight is 243 g/mol. The molecule has 1 amide bonds. The number of carboxylic acids is 1. The third-order valence-electron chi connectivity index (χ3n) is 2.86. The molecule has 1 aliphatic rings. The summed E-state index contributed by atoms with van der Waals surface area (Å²) in [5.41, 5.74) is 0. The molecule has 17 heavy (non-hydrogen) atoms. The number of ether oxygens (including phenoxy) is 1. The monoisotopic (exact) mass is 243 g/mol. The second kappa shape index (κ2) is 7.27. The second-order valence-corrected chi connectivity index (χ2v) is 4.37. The fraction of sp³-hybridized carbons (Fsp3) is 0.833. The van der Waals surface area contributed by atoms with E-state index in [2.05, 4.69) is 0 Å². The highest BCUT2D eigenvalue weighted by molar-refractivity contribution is 5.77. The van der Waals surface area contributed by atoms with Crippen LogP contribution in [0.25, 0.3) is 0 Å². The molecule has 1 rings (SSSR count). The van der Waals surface area contributed by atoms with Crippen LogP contribution in [-0.4, -0.2) is 47.7 Å². The Balaban J connectivity index is 2.44. The predicted octanol–water partition coefficient (Wildman–Crippen LogP) is 1.27. The Kier molecular flexibility index (Phi) is 5.97. The van der Waals surface area contributed by atoms with Crippen molar-refractivity contribution in [2.75, 3.05) is 19.7 Å². The third kappa shape index (κ3) is 5.17. The maximum atomic E-state index is 11.8. The minimum absolute atomic E-state index is 0.00216. The zero-order valence-corrected chi connectivity index (χ0v) is 10.4. The molecular formula is C12H21NO4. The van der Waals surface area contributed by atoms with Crippen molar-refractivity contribution < 1.29 is 19.4 Å². The molecule has 1 saturated heterocycles. The van der Waals surface area contributed by atoms with Crippen molar-refractivity contribution >= 4 is 11.9 Å². The maximum Gasteiger partial charge on any atom is 0.305 e. The van der Waals surface area contributed by atoms with Gasteiger partial charge in [-0.15, -0.1) is 0 Å². The van der Waals surface area contributed by atoms with E-state index in [9.17, 15) is 9.59 Å². The van der Waals surface area contributed by atoms with Crippen LogP contribution in [0.2, 0.25) is 0 Å². The molecule has 1 aliphatic heterocycles. The number of amides is 1. The first-order valence-electron chi connectivity index (χ1n) is 6.24. The molecule has 0 aromatic rings. The quantitative estimate of drug-likeness (QED) is 0.731. The van der Waals surface area contributed by atoms with Crippen LogP contribution < -0.4 is 0 Å². The minimum Gasteiger partial charge on any atom is -0.481 e. The fourth-order valence-corrected chi connectivity index (χ4v) is 1.95. The Morgan fingerprint density at radius 1 is 1.41 bits per heavy atom. The van der Waals surface area contributed by atoms with E-state index in [1.807, 2.05) is 6.92 Å². The van der Waals surface area contributed by atoms with Crippen LogP contribution >= 0.6 is 0 Å². The first-order valence-corrected chi connectivity index (χ1v) is 6.24. The number of carboxylic acid groups (broad SMARTS) is 1. The molecule has 5 heteroatoms. The lowest BCUT2D eigenvalue weighted by atomic mass is 10.2. The van der Waals surface area contributed by atoms with Crippen LogP contribution in [0.4, 0.5) is 0 Å². The number of rotatable bonds is 7. The normalized spacial score (nSPS) is 19.2. The lowest BCUT2D eigenvalue weighted by Gasteiger charge is -2.24. The van der Waals surface area contributed by atoms with Gasteiger partial charge >= 0.3 is 5.97 Å². The number of carbonyl (C=O) groups excluding carboxylic acids is 1. The summed E-state index contributed by atoms with van der Waals surface area (Å²) in [7, 11) is 0. The SMILES string of the molecule is CCCC(=O)N(CCC(=O)O)CC1CCCO1. The van der Waals surface area contributed by atoms with E-state index in [1.54, 1.807) is 4.90 Å². The van der Waals surface area contributed by atoms with Crippen LogP contribution in [0.3, 0.4) is 0 Å². The molecule has 0 aromatic carbocycles. The van der Waals surface area contributed by atoms with Gasteiger partial charge in [0.05, 0.1) is 12.5 Å². The van der Waals surface area contributed by atoms with Crippen molar-refractivity contribution in [3.63, 3.8) is 0 Å². The van der Waals surface area contributed by atoms with Gasteiger partial charge in [0.1, 0.15) is 0 Å². The standard InChI is InChI=1S/C12H21NO4/c1-2-4-11(14)13(7-6-12(15)16)9-10-5-3-8-17-10/h10H,2-9H2,1H3,(H,15,16). The van der Waals surface area contributed by atoms with Gasteiger partial charge in [-0.3, -0.25) is 9.59 Å². The van der Waals surface area contributed by atoms with E-state index in [-0.39, 0.29) is 25.0 Å².